The molecule has 5 atom stereocenters. The van der Waals surface area contributed by atoms with Crippen LogP contribution < -0.4 is 0 Å². The van der Waals surface area contributed by atoms with E-state index in [4.69, 9.17) is 23.1 Å². The SMILES string of the molecule is CC(C)(C)[Si]1(C(C)(C)C)OC[C@H]2O[C@H](Sc3ccccc3)[C@@H](OCc3ccccc3)[C@@H](O1)[C@@H]2OCc1ccccc1. The smallest absolute Gasteiger partial charge is 0.349 e. The lowest BCUT2D eigenvalue weighted by atomic mass is 9.99. The summed E-state index contributed by atoms with van der Waals surface area (Å²) >= 11 is 1.68. The van der Waals surface area contributed by atoms with Gasteiger partial charge in [0, 0.05) is 15.0 Å². The molecule has 5 rings (SSSR count). The third kappa shape index (κ3) is 6.83. The van der Waals surface area contributed by atoms with Gasteiger partial charge in [-0.05, 0) is 23.3 Å². The van der Waals surface area contributed by atoms with Crippen LogP contribution in [-0.2, 0) is 36.3 Å². The van der Waals surface area contributed by atoms with E-state index < -0.39 is 8.56 Å². The Labute approximate surface area is 251 Å². The molecule has 2 aliphatic rings. The fraction of sp³-hybridized carbons (Fsp3) is 0.471. The molecule has 220 valence electrons. The Kier molecular flexibility index (Phi) is 9.46. The van der Waals surface area contributed by atoms with Gasteiger partial charge in [0.1, 0.15) is 29.9 Å². The third-order valence-corrected chi connectivity index (χ3v) is 14.2. The summed E-state index contributed by atoms with van der Waals surface area (Å²) in [6.07, 6.45) is -1.38. The third-order valence-electron chi connectivity index (χ3n) is 7.88. The predicted molar refractivity (Wildman–Crippen MR) is 167 cm³/mol. The van der Waals surface area contributed by atoms with Crippen molar-refractivity contribution in [1.29, 1.82) is 0 Å². The van der Waals surface area contributed by atoms with Crippen molar-refractivity contribution >= 4 is 20.3 Å². The van der Waals surface area contributed by atoms with Crippen LogP contribution in [0.1, 0.15) is 52.7 Å². The van der Waals surface area contributed by atoms with Crippen molar-refractivity contribution in [1.82, 2.24) is 0 Å². The van der Waals surface area contributed by atoms with E-state index in [1.807, 2.05) is 42.5 Å². The molecule has 0 unspecified atom stereocenters. The molecule has 5 nitrogen and oxygen atoms in total. The second-order valence-electron chi connectivity index (χ2n) is 13.0. The molecule has 2 saturated heterocycles. The minimum Gasteiger partial charge on any atom is -0.391 e. The molecule has 0 aromatic heterocycles. The van der Waals surface area contributed by atoms with Crippen molar-refractivity contribution in [2.75, 3.05) is 6.61 Å². The fourth-order valence-electron chi connectivity index (χ4n) is 6.12. The average Bonchev–Trinajstić information content (AvgIpc) is 3.07. The number of thioether (sulfide) groups is 1. The van der Waals surface area contributed by atoms with Gasteiger partial charge in [0.15, 0.2) is 0 Å². The summed E-state index contributed by atoms with van der Waals surface area (Å²) in [5.41, 5.74) is 1.93. The van der Waals surface area contributed by atoms with Crippen LogP contribution in [0, 0.1) is 0 Å². The largest absolute Gasteiger partial charge is 0.391 e. The Balaban J connectivity index is 1.54. The zero-order valence-electron chi connectivity index (χ0n) is 25.1. The van der Waals surface area contributed by atoms with E-state index in [-0.39, 0.29) is 39.9 Å². The van der Waals surface area contributed by atoms with Crippen molar-refractivity contribution < 1.29 is 23.1 Å². The molecule has 0 amide bonds. The molecule has 2 aliphatic heterocycles. The van der Waals surface area contributed by atoms with Gasteiger partial charge in [-0.25, -0.2) is 0 Å². The summed E-state index contributed by atoms with van der Waals surface area (Å²) < 4.78 is 34.8. The van der Waals surface area contributed by atoms with Crippen LogP contribution in [0.3, 0.4) is 0 Å². The summed E-state index contributed by atoms with van der Waals surface area (Å²) in [5, 5.41) is -0.391. The van der Waals surface area contributed by atoms with E-state index in [0.717, 1.165) is 16.0 Å². The Morgan fingerprint density at radius 3 is 1.71 bits per heavy atom. The summed E-state index contributed by atoms with van der Waals surface area (Å²) in [6.45, 7) is 14.8. The quantitative estimate of drug-likeness (QED) is 0.246. The van der Waals surface area contributed by atoms with Crippen molar-refractivity contribution in [2.45, 2.75) is 99.6 Å². The van der Waals surface area contributed by atoms with Crippen LogP contribution in [0.2, 0.25) is 10.1 Å². The molecule has 0 N–H and O–H groups in total. The van der Waals surface area contributed by atoms with E-state index in [1.54, 1.807) is 11.8 Å². The van der Waals surface area contributed by atoms with Crippen LogP contribution in [0.4, 0.5) is 0 Å². The zero-order valence-corrected chi connectivity index (χ0v) is 26.9. The number of ether oxygens (including phenoxy) is 3. The van der Waals surface area contributed by atoms with Gasteiger partial charge in [0.05, 0.1) is 19.8 Å². The maximum absolute atomic E-state index is 7.44. The van der Waals surface area contributed by atoms with Gasteiger partial charge < -0.3 is 23.1 Å². The van der Waals surface area contributed by atoms with Crippen LogP contribution in [0.25, 0.3) is 0 Å². The highest BCUT2D eigenvalue weighted by Crippen LogP contribution is 2.55. The van der Waals surface area contributed by atoms with Crippen molar-refractivity contribution in [3.63, 3.8) is 0 Å². The molecule has 3 aromatic carbocycles. The summed E-state index contributed by atoms with van der Waals surface area (Å²) in [4.78, 5) is 1.13. The highest BCUT2D eigenvalue weighted by Gasteiger charge is 2.64. The number of hydrogen-bond acceptors (Lipinski definition) is 6. The topological polar surface area (TPSA) is 46.2 Å². The average molecular weight is 593 g/mol. The van der Waals surface area contributed by atoms with Gasteiger partial charge in [-0.3, -0.25) is 0 Å². The Morgan fingerprint density at radius 1 is 0.707 bits per heavy atom. The van der Waals surface area contributed by atoms with E-state index in [1.165, 1.54) is 0 Å². The molecule has 2 fully saturated rings. The molecule has 3 aromatic rings. The number of fused-ring (bicyclic) bond motifs is 2. The van der Waals surface area contributed by atoms with Crippen LogP contribution in [0.15, 0.2) is 95.9 Å². The molecule has 0 spiro atoms. The monoisotopic (exact) mass is 592 g/mol. The van der Waals surface area contributed by atoms with Gasteiger partial charge in [0.2, 0.25) is 0 Å². The van der Waals surface area contributed by atoms with E-state index >= 15 is 0 Å². The molecule has 41 heavy (non-hydrogen) atoms. The zero-order chi connectivity index (χ0) is 29.1. The lowest BCUT2D eigenvalue weighted by Gasteiger charge is -2.51. The molecule has 2 heterocycles. The van der Waals surface area contributed by atoms with E-state index in [2.05, 4.69) is 90.1 Å². The van der Waals surface area contributed by atoms with Gasteiger partial charge in [-0.2, -0.15) is 0 Å². The molecular weight excluding hydrogens is 549 g/mol. The fourth-order valence-corrected chi connectivity index (χ4v) is 12.2. The Bertz CT molecular complexity index is 1210. The van der Waals surface area contributed by atoms with Gasteiger partial charge in [-0.1, -0.05) is 132 Å². The maximum atomic E-state index is 7.44. The number of rotatable bonds is 8. The van der Waals surface area contributed by atoms with Crippen LogP contribution in [-0.4, -0.2) is 45.0 Å². The van der Waals surface area contributed by atoms with Crippen LogP contribution >= 0.6 is 11.8 Å². The van der Waals surface area contributed by atoms with Crippen molar-refractivity contribution in [3.8, 4) is 0 Å². The van der Waals surface area contributed by atoms with Gasteiger partial charge in [0.25, 0.3) is 0 Å². The first-order valence-corrected chi connectivity index (χ1v) is 17.3. The number of hydrogen-bond donors (Lipinski definition) is 0. The molecule has 0 aliphatic carbocycles. The van der Waals surface area contributed by atoms with E-state index in [9.17, 15) is 0 Å². The van der Waals surface area contributed by atoms with Gasteiger partial charge in [-0.15, -0.1) is 0 Å². The molecule has 0 radical (unpaired) electrons. The minimum atomic E-state index is -2.89. The highest BCUT2D eigenvalue weighted by atomic mass is 32.2. The molecule has 7 heteroatoms. The second kappa shape index (κ2) is 12.7. The standard InChI is InChI=1S/C34H44O5SSi/c1-33(2,3)41(34(4,5)6)37-24-28-29(35-22-25-16-10-7-11-17-25)30(39-41)31(36-23-26-18-12-8-13-19-26)32(38-28)40-27-20-14-9-15-21-27/h7-21,28-32H,22-24H2,1-6H3/t28-,29-,30+,31+,32-/m1/s1. The molecule has 0 saturated carbocycles. The van der Waals surface area contributed by atoms with E-state index in [0.29, 0.717) is 19.8 Å². The minimum absolute atomic E-state index is 0.196. The van der Waals surface area contributed by atoms with Crippen molar-refractivity contribution in [2.24, 2.45) is 0 Å². The molecular formula is C34H44O5SSi. The summed E-state index contributed by atoms with van der Waals surface area (Å²) in [5.74, 6) is 0. The van der Waals surface area contributed by atoms with Crippen molar-refractivity contribution in [3.05, 3.63) is 102 Å². The lowest BCUT2D eigenvalue weighted by molar-refractivity contribution is -0.221. The first-order valence-electron chi connectivity index (χ1n) is 14.6. The van der Waals surface area contributed by atoms with Gasteiger partial charge >= 0.3 is 8.56 Å². The molecule has 2 bridgehead atoms. The predicted octanol–water partition coefficient (Wildman–Crippen LogP) is 8.13. The number of benzene rings is 3. The first-order chi connectivity index (χ1) is 19.6. The normalized spacial score (nSPS) is 26.3. The lowest BCUT2D eigenvalue weighted by Crippen LogP contribution is -2.63. The summed E-state index contributed by atoms with van der Waals surface area (Å²) in [7, 11) is -2.89. The maximum Gasteiger partial charge on any atom is 0.349 e. The summed E-state index contributed by atoms with van der Waals surface area (Å²) in [6, 6.07) is 31.0. The second-order valence-corrected chi connectivity index (χ2v) is 18.9. The Hall–Kier alpha value is -1.97. The first kappa shape index (κ1) is 30.5. The Morgan fingerprint density at radius 2 is 1.20 bits per heavy atom. The van der Waals surface area contributed by atoms with Crippen LogP contribution in [0.5, 0.6) is 0 Å². The highest BCUT2D eigenvalue weighted by molar-refractivity contribution is 7.99.